The van der Waals surface area contributed by atoms with E-state index in [9.17, 15) is 5.26 Å². The molecule has 2 heterocycles. The molecule has 2 aromatic rings. The van der Waals surface area contributed by atoms with E-state index in [1.165, 1.54) is 0 Å². The highest BCUT2D eigenvalue weighted by atomic mass is 15.3. The van der Waals surface area contributed by atoms with E-state index in [1.807, 2.05) is 31.2 Å². The molecule has 4 rings (SSSR count). The molecule has 1 saturated carbocycles. The molecule has 0 amide bonds. The number of hydrogen-bond acceptors (Lipinski definition) is 6. The first kappa shape index (κ1) is 16.8. The number of nitriles is 1. The van der Waals surface area contributed by atoms with Crippen molar-refractivity contribution in [3.05, 3.63) is 47.4 Å². The number of aryl methyl sites for hydroxylation is 1. The lowest BCUT2D eigenvalue weighted by Gasteiger charge is -2.38. The van der Waals surface area contributed by atoms with Crippen molar-refractivity contribution in [2.45, 2.75) is 31.7 Å². The molecule has 1 aliphatic heterocycles. The van der Waals surface area contributed by atoms with Crippen molar-refractivity contribution in [2.75, 3.05) is 36.0 Å². The summed E-state index contributed by atoms with van der Waals surface area (Å²) in [6.07, 6.45) is 2.04. The van der Waals surface area contributed by atoms with Gasteiger partial charge in [0.2, 0.25) is 0 Å². The van der Waals surface area contributed by atoms with Crippen LogP contribution >= 0.6 is 0 Å². The predicted molar refractivity (Wildman–Crippen MR) is 102 cm³/mol. The minimum Gasteiger partial charge on any atom is -0.367 e. The highest BCUT2D eigenvalue weighted by molar-refractivity contribution is 5.60. The molecule has 0 unspecified atom stereocenters. The van der Waals surface area contributed by atoms with Crippen molar-refractivity contribution in [3.63, 3.8) is 0 Å². The maximum absolute atomic E-state index is 9.33. The van der Waals surface area contributed by atoms with Crippen LogP contribution in [0.25, 0.3) is 0 Å². The van der Waals surface area contributed by atoms with Crippen LogP contribution in [-0.4, -0.2) is 42.2 Å². The Morgan fingerprint density at radius 1 is 1.08 bits per heavy atom. The summed E-state index contributed by atoms with van der Waals surface area (Å²) in [5.41, 5.74) is 8.83. The molecule has 1 aliphatic carbocycles. The topological polar surface area (TPSA) is 82.1 Å². The van der Waals surface area contributed by atoms with E-state index in [0.29, 0.717) is 12.0 Å². The highest BCUT2D eigenvalue weighted by Gasteiger charge is 2.29. The monoisotopic (exact) mass is 348 g/mol. The van der Waals surface area contributed by atoms with Crippen LogP contribution in [0.1, 0.15) is 35.8 Å². The molecule has 0 bridgehead atoms. The number of rotatable bonds is 3. The van der Waals surface area contributed by atoms with Crippen LogP contribution in [0.5, 0.6) is 0 Å². The zero-order chi connectivity index (χ0) is 18.1. The van der Waals surface area contributed by atoms with Gasteiger partial charge in [-0.3, -0.25) is 0 Å². The van der Waals surface area contributed by atoms with Crippen LogP contribution in [0, 0.1) is 18.3 Å². The molecular weight excluding hydrogens is 324 g/mol. The van der Waals surface area contributed by atoms with E-state index >= 15 is 0 Å². The fourth-order valence-electron chi connectivity index (χ4n) is 3.87. The Kier molecular flexibility index (Phi) is 4.48. The molecule has 2 N–H and O–H groups in total. The number of benzene rings is 1. The Morgan fingerprint density at radius 2 is 1.77 bits per heavy atom. The first-order chi connectivity index (χ1) is 12.6. The van der Waals surface area contributed by atoms with Gasteiger partial charge in [-0.1, -0.05) is 12.1 Å². The van der Waals surface area contributed by atoms with Gasteiger partial charge < -0.3 is 15.5 Å². The maximum atomic E-state index is 9.33. The molecule has 2 fully saturated rings. The molecule has 6 nitrogen and oxygen atoms in total. The average Bonchev–Trinajstić information content (AvgIpc) is 2.65. The van der Waals surface area contributed by atoms with E-state index in [0.717, 1.165) is 67.6 Å². The van der Waals surface area contributed by atoms with Gasteiger partial charge in [-0.05, 0) is 31.9 Å². The van der Waals surface area contributed by atoms with Crippen LogP contribution < -0.4 is 15.5 Å². The Balaban J connectivity index is 1.47. The summed E-state index contributed by atoms with van der Waals surface area (Å²) in [4.78, 5) is 13.9. The lowest BCUT2D eigenvalue weighted by atomic mass is 9.78. The van der Waals surface area contributed by atoms with Gasteiger partial charge in [-0.2, -0.15) is 5.26 Å². The zero-order valence-electron chi connectivity index (χ0n) is 15.1. The number of nitrogens with two attached hydrogens (primary N) is 1. The number of nitrogens with zero attached hydrogens (tertiary/aromatic N) is 5. The summed E-state index contributed by atoms with van der Waals surface area (Å²) in [5, 5.41) is 9.33. The van der Waals surface area contributed by atoms with E-state index in [4.69, 9.17) is 5.73 Å². The highest BCUT2D eigenvalue weighted by Crippen LogP contribution is 2.35. The van der Waals surface area contributed by atoms with Gasteiger partial charge >= 0.3 is 0 Å². The number of anilines is 2. The molecule has 1 aromatic carbocycles. The van der Waals surface area contributed by atoms with E-state index in [2.05, 4.69) is 31.9 Å². The fraction of sp³-hybridized carbons (Fsp3) is 0.450. The number of piperazine rings is 1. The van der Waals surface area contributed by atoms with Gasteiger partial charge in [0.15, 0.2) is 0 Å². The molecular formula is C20H24N6. The van der Waals surface area contributed by atoms with Crippen molar-refractivity contribution in [1.82, 2.24) is 9.97 Å². The maximum Gasteiger partial charge on any atom is 0.132 e. The van der Waals surface area contributed by atoms with Gasteiger partial charge in [0.05, 0.1) is 11.3 Å². The largest absolute Gasteiger partial charge is 0.367 e. The average molecular weight is 348 g/mol. The molecule has 134 valence electrons. The third-order valence-corrected chi connectivity index (χ3v) is 5.41. The van der Waals surface area contributed by atoms with Crippen molar-refractivity contribution >= 4 is 11.5 Å². The lowest BCUT2D eigenvalue weighted by molar-refractivity contribution is 0.344. The second-order valence-corrected chi connectivity index (χ2v) is 7.23. The van der Waals surface area contributed by atoms with Gasteiger partial charge in [-0.15, -0.1) is 0 Å². The summed E-state index contributed by atoms with van der Waals surface area (Å²) in [5.74, 6) is 2.32. The lowest BCUT2D eigenvalue weighted by Crippen LogP contribution is -2.47. The summed E-state index contributed by atoms with van der Waals surface area (Å²) in [6.45, 7) is 5.50. The summed E-state index contributed by atoms with van der Waals surface area (Å²) < 4.78 is 0. The first-order valence-electron chi connectivity index (χ1n) is 9.24. The van der Waals surface area contributed by atoms with Crippen LogP contribution in [0.4, 0.5) is 11.5 Å². The fourth-order valence-corrected chi connectivity index (χ4v) is 3.87. The molecule has 0 radical (unpaired) electrons. The molecule has 1 saturated heterocycles. The normalized spacial score (nSPS) is 22.7. The smallest absolute Gasteiger partial charge is 0.132 e. The van der Waals surface area contributed by atoms with Crippen molar-refractivity contribution in [3.8, 4) is 6.07 Å². The third kappa shape index (κ3) is 3.23. The third-order valence-electron chi connectivity index (χ3n) is 5.41. The van der Waals surface area contributed by atoms with Crippen LogP contribution in [0.15, 0.2) is 30.3 Å². The van der Waals surface area contributed by atoms with Gasteiger partial charge in [-0.25, -0.2) is 9.97 Å². The van der Waals surface area contributed by atoms with Crippen LogP contribution in [-0.2, 0) is 0 Å². The number of hydrogen-bond donors (Lipinski definition) is 1. The van der Waals surface area contributed by atoms with Gasteiger partial charge in [0, 0.05) is 49.9 Å². The molecule has 2 aliphatic rings. The molecule has 26 heavy (non-hydrogen) atoms. The minimum atomic E-state index is 0.322. The van der Waals surface area contributed by atoms with Gasteiger partial charge in [0.1, 0.15) is 17.7 Å². The molecule has 1 aromatic heterocycles. The molecule has 6 heteroatoms. The van der Waals surface area contributed by atoms with Gasteiger partial charge in [0.25, 0.3) is 0 Å². The number of aromatic nitrogens is 2. The standard InChI is InChI=1S/C20H24N6/c1-14-23-18(16-10-17(22)11-16)12-20(24-14)26-8-6-25(7-9-26)19-5-3-2-4-15(19)13-21/h2-5,12,16-17H,6-11,22H2,1H3. The quantitative estimate of drug-likeness (QED) is 0.915. The minimum absolute atomic E-state index is 0.322. The SMILES string of the molecule is Cc1nc(C2CC(N)C2)cc(N2CCN(c3ccccc3C#N)CC2)n1. The summed E-state index contributed by atoms with van der Waals surface area (Å²) in [7, 11) is 0. The van der Waals surface area contributed by atoms with Crippen molar-refractivity contribution in [2.24, 2.45) is 5.73 Å². The van der Waals surface area contributed by atoms with Crippen molar-refractivity contribution in [1.29, 1.82) is 5.26 Å². The van der Waals surface area contributed by atoms with E-state index < -0.39 is 0 Å². The van der Waals surface area contributed by atoms with Crippen LogP contribution in [0.2, 0.25) is 0 Å². The Bertz CT molecular complexity index is 828. The predicted octanol–water partition coefficient (Wildman–Crippen LogP) is 2.19. The Morgan fingerprint density at radius 3 is 2.46 bits per heavy atom. The molecule has 0 spiro atoms. The summed E-state index contributed by atoms with van der Waals surface area (Å²) >= 11 is 0. The van der Waals surface area contributed by atoms with E-state index in [-0.39, 0.29) is 0 Å². The first-order valence-corrected chi connectivity index (χ1v) is 9.24. The van der Waals surface area contributed by atoms with E-state index in [1.54, 1.807) is 0 Å². The second kappa shape index (κ2) is 6.93. The molecule has 0 atom stereocenters. The number of para-hydroxylation sites is 1. The Hall–Kier alpha value is -2.65. The zero-order valence-corrected chi connectivity index (χ0v) is 15.1. The second-order valence-electron chi connectivity index (χ2n) is 7.23. The van der Waals surface area contributed by atoms with Crippen LogP contribution in [0.3, 0.4) is 0 Å². The van der Waals surface area contributed by atoms with Crippen molar-refractivity contribution < 1.29 is 0 Å². The summed E-state index contributed by atoms with van der Waals surface area (Å²) in [6, 6.07) is 12.6. The Labute approximate surface area is 154 Å².